The van der Waals surface area contributed by atoms with Gasteiger partial charge in [0.2, 0.25) is 0 Å². The first-order chi connectivity index (χ1) is 11.4. The molecule has 4 nitrogen and oxygen atoms in total. The van der Waals surface area contributed by atoms with Gasteiger partial charge in [-0.2, -0.15) is 0 Å². The largest absolute Gasteiger partial charge is 0.320 e. The van der Waals surface area contributed by atoms with Gasteiger partial charge in [0, 0.05) is 29.0 Å². The summed E-state index contributed by atoms with van der Waals surface area (Å²) in [5.74, 6) is -0.196. The Kier molecular flexibility index (Phi) is 4.44. The van der Waals surface area contributed by atoms with Gasteiger partial charge in [-0.1, -0.05) is 32.9 Å². The molecule has 0 saturated carbocycles. The number of anilines is 1. The first-order valence-corrected chi connectivity index (χ1v) is 8.59. The summed E-state index contributed by atoms with van der Waals surface area (Å²) in [5.41, 5.74) is 3.76. The summed E-state index contributed by atoms with van der Waals surface area (Å²) in [7, 11) is 0. The molecule has 5 heteroatoms. The zero-order chi connectivity index (χ0) is 17.2. The lowest BCUT2D eigenvalue weighted by Gasteiger charge is -2.19. The van der Waals surface area contributed by atoms with Gasteiger partial charge in [0.05, 0.1) is 5.69 Å². The van der Waals surface area contributed by atoms with Crippen LogP contribution in [0.2, 0.25) is 0 Å². The van der Waals surface area contributed by atoms with Crippen LogP contribution in [-0.4, -0.2) is 15.9 Å². The molecule has 0 aliphatic carbocycles. The predicted molar refractivity (Wildman–Crippen MR) is 98.4 cm³/mol. The lowest BCUT2D eigenvalue weighted by molar-refractivity contribution is 0.102. The third-order valence-electron chi connectivity index (χ3n) is 3.66. The van der Waals surface area contributed by atoms with E-state index in [1.54, 1.807) is 12.4 Å². The van der Waals surface area contributed by atoms with Crippen LogP contribution in [0.5, 0.6) is 0 Å². The Labute approximate surface area is 145 Å². The van der Waals surface area contributed by atoms with Crippen LogP contribution in [0.15, 0.2) is 54.2 Å². The van der Waals surface area contributed by atoms with Crippen molar-refractivity contribution in [2.45, 2.75) is 26.2 Å². The molecule has 0 saturated heterocycles. The van der Waals surface area contributed by atoms with Crippen LogP contribution in [0, 0.1) is 0 Å². The van der Waals surface area contributed by atoms with Crippen LogP contribution >= 0.6 is 11.3 Å². The number of amides is 1. The number of rotatable bonds is 3. The highest BCUT2D eigenvalue weighted by Crippen LogP contribution is 2.24. The molecule has 24 heavy (non-hydrogen) atoms. The average Bonchev–Trinajstić information content (AvgIpc) is 3.05. The van der Waals surface area contributed by atoms with E-state index in [1.165, 1.54) is 16.9 Å². The van der Waals surface area contributed by atoms with E-state index in [0.29, 0.717) is 5.01 Å². The Bertz CT molecular complexity index is 833. The highest BCUT2D eigenvalue weighted by atomic mass is 32.1. The van der Waals surface area contributed by atoms with E-state index in [1.807, 2.05) is 41.8 Å². The Morgan fingerprint density at radius 2 is 1.88 bits per heavy atom. The number of hydrogen-bond donors (Lipinski definition) is 1. The molecular formula is C19H19N3OS. The van der Waals surface area contributed by atoms with Crippen molar-refractivity contribution in [3.05, 3.63) is 64.7 Å². The molecule has 3 aromatic rings. The summed E-state index contributed by atoms with van der Waals surface area (Å²) in [6.07, 6.45) is 3.45. The molecule has 1 aromatic carbocycles. The highest BCUT2D eigenvalue weighted by Gasteiger charge is 2.15. The molecule has 0 radical (unpaired) electrons. The van der Waals surface area contributed by atoms with E-state index in [0.717, 1.165) is 16.9 Å². The summed E-state index contributed by atoms with van der Waals surface area (Å²) < 4.78 is 0. The van der Waals surface area contributed by atoms with Gasteiger partial charge in [-0.3, -0.25) is 9.78 Å². The number of carbonyl (C=O) groups excluding carboxylic acids is 1. The highest BCUT2D eigenvalue weighted by molar-refractivity contribution is 7.12. The first kappa shape index (κ1) is 16.3. The van der Waals surface area contributed by atoms with E-state index < -0.39 is 0 Å². The summed E-state index contributed by atoms with van der Waals surface area (Å²) in [5, 5.41) is 5.20. The van der Waals surface area contributed by atoms with Gasteiger partial charge in [-0.05, 0) is 35.2 Å². The van der Waals surface area contributed by atoms with Crippen LogP contribution in [-0.2, 0) is 5.41 Å². The number of aromatic nitrogens is 2. The third kappa shape index (κ3) is 3.68. The van der Waals surface area contributed by atoms with Crippen molar-refractivity contribution in [1.82, 2.24) is 9.97 Å². The average molecular weight is 337 g/mol. The van der Waals surface area contributed by atoms with Crippen LogP contribution in [0.3, 0.4) is 0 Å². The number of benzene rings is 1. The number of nitrogens with one attached hydrogen (secondary N) is 1. The first-order valence-electron chi connectivity index (χ1n) is 7.71. The molecule has 3 rings (SSSR count). The monoisotopic (exact) mass is 337 g/mol. The molecule has 0 aliphatic rings. The van der Waals surface area contributed by atoms with Gasteiger partial charge in [0.1, 0.15) is 0 Å². The second-order valence-electron chi connectivity index (χ2n) is 6.56. The van der Waals surface area contributed by atoms with Gasteiger partial charge in [-0.15, -0.1) is 11.3 Å². The second-order valence-corrected chi connectivity index (χ2v) is 7.42. The number of pyridine rings is 1. The zero-order valence-corrected chi connectivity index (χ0v) is 14.7. The SMILES string of the molecule is CC(C)(C)c1ccc(NC(=O)c2nc(-c3cccnc3)cs2)cc1. The summed E-state index contributed by atoms with van der Waals surface area (Å²) in [6, 6.07) is 11.7. The summed E-state index contributed by atoms with van der Waals surface area (Å²) >= 11 is 1.33. The number of thiazole rings is 1. The van der Waals surface area contributed by atoms with Crippen molar-refractivity contribution in [3.8, 4) is 11.3 Å². The Morgan fingerprint density at radius 1 is 1.12 bits per heavy atom. The minimum Gasteiger partial charge on any atom is -0.320 e. The summed E-state index contributed by atoms with van der Waals surface area (Å²) in [6.45, 7) is 6.49. The fraction of sp³-hybridized carbons (Fsp3) is 0.211. The second kappa shape index (κ2) is 6.53. The van der Waals surface area contributed by atoms with Crippen molar-refractivity contribution >= 4 is 22.9 Å². The molecular weight excluding hydrogens is 318 g/mol. The minimum atomic E-state index is -0.196. The van der Waals surface area contributed by atoms with Crippen LogP contribution in [0.1, 0.15) is 36.1 Å². The Hall–Kier alpha value is -2.53. The molecule has 0 unspecified atom stereocenters. The van der Waals surface area contributed by atoms with Gasteiger partial charge < -0.3 is 5.32 Å². The van der Waals surface area contributed by atoms with Crippen molar-refractivity contribution in [2.24, 2.45) is 0 Å². The van der Waals surface area contributed by atoms with E-state index in [4.69, 9.17) is 0 Å². The van der Waals surface area contributed by atoms with Crippen molar-refractivity contribution in [2.75, 3.05) is 5.32 Å². The third-order valence-corrected chi connectivity index (χ3v) is 4.51. The fourth-order valence-electron chi connectivity index (χ4n) is 2.26. The van der Waals surface area contributed by atoms with E-state index in [2.05, 4.69) is 36.1 Å². The van der Waals surface area contributed by atoms with Crippen LogP contribution in [0.4, 0.5) is 5.69 Å². The van der Waals surface area contributed by atoms with E-state index in [-0.39, 0.29) is 11.3 Å². The summed E-state index contributed by atoms with van der Waals surface area (Å²) in [4.78, 5) is 20.8. The number of nitrogens with zero attached hydrogens (tertiary/aromatic N) is 2. The van der Waals surface area contributed by atoms with Gasteiger partial charge in [-0.25, -0.2) is 4.98 Å². The number of hydrogen-bond acceptors (Lipinski definition) is 4. The molecule has 0 aliphatic heterocycles. The minimum absolute atomic E-state index is 0.0937. The maximum atomic E-state index is 12.4. The number of carbonyl (C=O) groups is 1. The molecule has 0 atom stereocenters. The predicted octanol–water partition coefficient (Wildman–Crippen LogP) is 4.75. The van der Waals surface area contributed by atoms with Gasteiger partial charge >= 0.3 is 0 Å². The lowest BCUT2D eigenvalue weighted by Crippen LogP contribution is -2.13. The fourth-order valence-corrected chi connectivity index (χ4v) is 2.98. The maximum absolute atomic E-state index is 12.4. The molecule has 122 valence electrons. The Balaban J connectivity index is 1.73. The van der Waals surface area contributed by atoms with Crippen molar-refractivity contribution in [3.63, 3.8) is 0 Å². The quantitative estimate of drug-likeness (QED) is 0.750. The van der Waals surface area contributed by atoms with Crippen molar-refractivity contribution in [1.29, 1.82) is 0 Å². The van der Waals surface area contributed by atoms with Gasteiger partial charge in [0.15, 0.2) is 5.01 Å². The topological polar surface area (TPSA) is 54.9 Å². The van der Waals surface area contributed by atoms with E-state index >= 15 is 0 Å². The standard InChI is InChI=1S/C19H19N3OS/c1-19(2,3)14-6-8-15(9-7-14)21-17(23)18-22-16(12-24-18)13-5-4-10-20-11-13/h4-12H,1-3H3,(H,21,23). The maximum Gasteiger partial charge on any atom is 0.284 e. The molecule has 0 bridgehead atoms. The molecule has 2 aromatic heterocycles. The molecule has 1 amide bonds. The smallest absolute Gasteiger partial charge is 0.284 e. The van der Waals surface area contributed by atoms with Crippen molar-refractivity contribution < 1.29 is 4.79 Å². The molecule has 2 heterocycles. The molecule has 0 fully saturated rings. The lowest BCUT2D eigenvalue weighted by atomic mass is 9.87. The zero-order valence-electron chi connectivity index (χ0n) is 13.9. The van der Waals surface area contributed by atoms with Crippen LogP contribution < -0.4 is 5.32 Å². The molecule has 0 spiro atoms. The van der Waals surface area contributed by atoms with E-state index in [9.17, 15) is 4.79 Å². The van der Waals surface area contributed by atoms with Gasteiger partial charge in [0.25, 0.3) is 5.91 Å². The normalized spacial score (nSPS) is 11.3. The Morgan fingerprint density at radius 3 is 2.50 bits per heavy atom. The van der Waals surface area contributed by atoms with Crippen LogP contribution in [0.25, 0.3) is 11.3 Å². The molecule has 1 N–H and O–H groups in total.